The molecule has 0 unspecified atom stereocenters. The lowest BCUT2D eigenvalue weighted by molar-refractivity contribution is -0.116. The quantitative estimate of drug-likeness (QED) is 0.726. The fourth-order valence-electron chi connectivity index (χ4n) is 2.13. The summed E-state index contributed by atoms with van der Waals surface area (Å²) in [6.45, 7) is 2.88. The van der Waals surface area contributed by atoms with Crippen LogP contribution in [0, 0.1) is 0 Å². The summed E-state index contributed by atoms with van der Waals surface area (Å²) < 4.78 is 26.7. The maximum Gasteiger partial charge on any atom is 0.253 e. The third-order valence-electron chi connectivity index (χ3n) is 3.30. The Morgan fingerprint density at radius 3 is 2.12 bits per heavy atom. The number of anilines is 2. The van der Waals surface area contributed by atoms with Crippen LogP contribution in [0.2, 0.25) is 4.34 Å². The van der Waals surface area contributed by atoms with Crippen molar-refractivity contribution in [3.05, 3.63) is 40.7 Å². The molecule has 0 saturated heterocycles. The normalized spacial score (nSPS) is 11.4. The average molecular weight is 416 g/mol. The Balaban J connectivity index is 2.04. The van der Waals surface area contributed by atoms with Crippen LogP contribution >= 0.6 is 22.9 Å². The molecule has 2 N–H and O–H groups in total. The van der Waals surface area contributed by atoms with Crippen LogP contribution in [-0.4, -0.2) is 37.6 Å². The van der Waals surface area contributed by atoms with Gasteiger partial charge in [-0.1, -0.05) is 18.5 Å². The van der Waals surface area contributed by atoms with Crippen LogP contribution in [0.15, 0.2) is 40.6 Å². The van der Waals surface area contributed by atoms with E-state index in [0.29, 0.717) is 15.7 Å². The van der Waals surface area contributed by atoms with Gasteiger partial charge in [-0.25, -0.2) is 8.42 Å². The molecule has 0 aliphatic rings. The topological polar surface area (TPSA) is 95.6 Å². The number of carbonyl (C=O) groups is 2. The molecule has 140 valence electrons. The number of nitrogens with zero attached hydrogens (tertiary/aromatic N) is 1. The molecule has 0 atom stereocenters. The minimum absolute atomic E-state index is 0.0943. The monoisotopic (exact) mass is 415 g/mol. The molecule has 7 nitrogen and oxygen atoms in total. The molecule has 1 aromatic heterocycles. The van der Waals surface area contributed by atoms with Gasteiger partial charge in [-0.2, -0.15) is 4.31 Å². The van der Waals surface area contributed by atoms with Crippen LogP contribution in [0.4, 0.5) is 11.4 Å². The molecule has 26 heavy (non-hydrogen) atoms. The minimum Gasteiger partial charge on any atom is -0.326 e. The summed E-state index contributed by atoms with van der Waals surface area (Å²) >= 11 is 6.75. The standard InChI is InChI=1S/C16H18ClN3O4S2/c1-3-20(26(23,24)16-9-8-14(17)25-16)10-15(22)19-13-6-4-12(5-7-13)18-11(2)21/h4-9H,3,10H2,1-2H3,(H,18,21)(H,19,22). The fourth-order valence-corrected chi connectivity index (χ4v) is 5.17. The van der Waals surface area contributed by atoms with E-state index in [0.717, 1.165) is 15.6 Å². The maximum absolute atomic E-state index is 12.6. The smallest absolute Gasteiger partial charge is 0.253 e. The van der Waals surface area contributed by atoms with Gasteiger partial charge in [-0.05, 0) is 36.4 Å². The number of carbonyl (C=O) groups excluding carboxylic acids is 2. The van der Waals surface area contributed by atoms with E-state index in [1.165, 1.54) is 19.1 Å². The predicted octanol–water partition coefficient (Wildman–Crippen LogP) is 3.01. The Kier molecular flexibility index (Phi) is 6.76. The van der Waals surface area contributed by atoms with Crippen molar-refractivity contribution in [1.29, 1.82) is 0 Å². The second-order valence-corrected chi connectivity index (χ2v) is 9.18. The maximum atomic E-state index is 12.6. The number of halogens is 1. The number of nitrogens with one attached hydrogen (secondary N) is 2. The molecule has 0 aliphatic carbocycles. The van der Waals surface area contributed by atoms with Crippen LogP contribution in [-0.2, 0) is 19.6 Å². The summed E-state index contributed by atoms with van der Waals surface area (Å²) in [5, 5.41) is 5.25. The van der Waals surface area contributed by atoms with Gasteiger partial charge in [0.15, 0.2) is 0 Å². The van der Waals surface area contributed by atoms with E-state index in [4.69, 9.17) is 11.6 Å². The lowest BCUT2D eigenvalue weighted by atomic mass is 10.2. The minimum atomic E-state index is -3.78. The van der Waals surface area contributed by atoms with E-state index in [1.807, 2.05) is 0 Å². The molecule has 0 fully saturated rings. The molecule has 0 saturated carbocycles. The lowest BCUT2D eigenvalue weighted by Crippen LogP contribution is -2.37. The Labute approximate surface area is 161 Å². The van der Waals surface area contributed by atoms with Crippen molar-refractivity contribution in [2.24, 2.45) is 0 Å². The largest absolute Gasteiger partial charge is 0.326 e. The molecule has 10 heteroatoms. The summed E-state index contributed by atoms with van der Waals surface area (Å²) in [7, 11) is -3.78. The van der Waals surface area contributed by atoms with Gasteiger partial charge >= 0.3 is 0 Å². The molecule has 0 aliphatic heterocycles. The number of hydrogen-bond donors (Lipinski definition) is 2. The van der Waals surface area contributed by atoms with Crippen molar-refractivity contribution in [2.75, 3.05) is 23.7 Å². The van der Waals surface area contributed by atoms with Crippen LogP contribution in [0.25, 0.3) is 0 Å². The zero-order valence-corrected chi connectivity index (χ0v) is 16.5. The molecule has 1 aromatic carbocycles. The van der Waals surface area contributed by atoms with E-state index >= 15 is 0 Å². The van der Waals surface area contributed by atoms with Crippen molar-refractivity contribution in [3.63, 3.8) is 0 Å². The molecule has 2 amide bonds. The van der Waals surface area contributed by atoms with E-state index in [-0.39, 0.29) is 23.2 Å². The van der Waals surface area contributed by atoms with Crippen LogP contribution in [0.3, 0.4) is 0 Å². The van der Waals surface area contributed by atoms with E-state index in [1.54, 1.807) is 31.2 Å². The molecule has 2 rings (SSSR count). The zero-order chi connectivity index (χ0) is 19.3. The lowest BCUT2D eigenvalue weighted by Gasteiger charge is -2.19. The Hall–Kier alpha value is -1.94. The van der Waals surface area contributed by atoms with Crippen molar-refractivity contribution in [2.45, 2.75) is 18.1 Å². The first-order chi connectivity index (χ1) is 12.2. The van der Waals surface area contributed by atoms with Gasteiger partial charge in [-0.3, -0.25) is 9.59 Å². The van der Waals surface area contributed by atoms with Crippen molar-refractivity contribution >= 4 is 56.2 Å². The van der Waals surface area contributed by atoms with E-state index in [2.05, 4.69) is 10.6 Å². The average Bonchev–Trinajstić information content (AvgIpc) is 3.01. The highest BCUT2D eigenvalue weighted by atomic mass is 35.5. The first kappa shape index (κ1) is 20.4. The van der Waals surface area contributed by atoms with Gasteiger partial charge in [0.2, 0.25) is 11.8 Å². The second-order valence-electron chi connectivity index (χ2n) is 5.30. The number of hydrogen-bond acceptors (Lipinski definition) is 5. The molecule has 2 aromatic rings. The van der Waals surface area contributed by atoms with Crippen LogP contribution in [0.5, 0.6) is 0 Å². The Morgan fingerprint density at radius 1 is 1.08 bits per heavy atom. The van der Waals surface area contributed by atoms with Crippen molar-refractivity contribution in [3.8, 4) is 0 Å². The summed E-state index contributed by atoms with van der Waals surface area (Å²) in [6.07, 6.45) is 0. The number of sulfonamides is 1. The molecule has 1 heterocycles. The summed E-state index contributed by atoms with van der Waals surface area (Å²) in [5.74, 6) is -0.662. The number of amides is 2. The summed E-state index contributed by atoms with van der Waals surface area (Å²) in [5.41, 5.74) is 1.10. The van der Waals surface area contributed by atoms with Crippen LogP contribution < -0.4 is 10.6 Å². The Bertz CT molecular complexity index is 894. The zero-order valence-electron chi connectivity index (χ0n) is 14.2. The highest BCUT2D eigenvalue weighted by Gasteiger charge is 2.26. The number of thiophene rings is 1. The van der Waals surface area contributed by atoms with Crippen molar-refractivity contribution < 1.29 is 18.0 Å². The van der Waals surface area contributed by atoms with Gasteiger partial charge in [0.05, 0.1) is 10.9 Å². The van der Waals surface area contributed by atoms with E-state index < -0.39 is 15.9 Å². The summed E-state index contributed by atoms with van der Waals surface area (Å²) in [4.78, 5) is 23.2. The highest BCUT2D eigenvalue weighted by Crippen LogP contribution is 2.28. The van der Waals surface area contributed by atoms with Gasteiger partial charge in [0.1, 0.15) is 4.21 Å². The van der Waals surface area contributed by atoms with Crippen LogP contribution in [0.1, 0.15) is 13.8 Å². The summed E-state index contributed by atoms with van der Waals surface area (Å²) in [6, 6.07) is 9.44. The third kappa shape index (κ3) is 5.28. The first-order valence-electron chi connectivity index (χ1n) is 7.65. The highest BCUT2D eigenvalue weighted by molar-refractivity contribution is 7.91. The van der Waals surface area contributed by atoms with Gasteiger partial charge in [0.25, 0.3) is 10.0 Å². The molecular weight excluding hydrogens is 398 g/mol. The Morgan fingerprint density at radius 2 is 1.65 bits per heavy atom. The molecule has 0 bridgehead atoms. The molecule has 0 radical (unpaired) electrons. The van der Waals surface area contributed by atoms with Gasteiger partial charge in [0, 0.05) is 24.8 Å². The van der Waals surface area contributed by atoms with Gasteiger partial charge < -0.3 is 10.6 Å². The SMILES string of the molecule is CCN(CC(=O)Nc1ccc(NC(C)=O)cc1)S(=O)(=O)c1ccc(Cl)s1. The second kappa shape index (κ2) is 8.63. The molecular formula is C16H18ClN3O4S2. The van der Waals surface area contributed by atoms with E-state index in [9.17, 15) is 18.0 Å². The first-order valence-corrected chi connectivity index (χ1v) is 10.3. The van der Waals surface area contributed by atoms with Crippen molar-refractivity contribution in [1.82, 2.24) is 4.31 Å². The van der Waals surface area contributed by atoms with Gasteiger partial charge in [-0.15, -0.1) is 11.3 Å². The predicted molar refractivity (Wildman–Crippen MR) is 103 cm³/mol. The molecule has 0 spiro atoms. The number of likely N-dealkylation sites (N-methyl/N-ethyl adjacent to an activating group) is 1. The fraction of sp³-hybridized carbons (Fsp3) is 0.250. The number of benzene rings is 1. The third-order valence-corrected chi connectivity index (χ3v) is 6.92. The number of rotatable bonds is 7.